The second kappa shape index (κ2) is 6.78. The maximum atomic E-state index is 12.3. The van der Waals surface area contributed by atoms with Crippen LogP contribution in [0.1, 0.15) is 46.5 Å². The van der Waals surface area contributed by atoms with Crippen molar-refractivity contribution < 1.29 is 19.1 Å². The van der Waals surface area contributed by atoms with Gasteiger partial charge in [0.05, 0.1) is 7.11 Å². The van der Waals surface area contributed by atoms with Crippen molar-refractivity contribution in [3.05, 3.63) is 0 Å². The van der Waals surface area contributed by atoms with E-state index in [1.165, 1.54) is 7.11 Å². The molecule has 1 saturated heterocycles. The van der Waals surface area contributed by atoms with Crippen LogP contribution in [0.4, 0.5) is 4.79 Å². The lowest BCUT2D eigenvalue weighted by atomic mass is 9.91. The summed E-state index contributed by atoms with van der Waals surface area (Å²) in [6, 6.07) is 0. The van der Waals surface area contributed by atoms with E-state index in [0.717, 1.165) is 18.2 Å². The molecule has 1 aliphatic rings. The van der Waals surface area contributed by atoms with E-state index >= 15 is 0 Å². The van der Waals surface area contributed by atoms with Gasteiger partial charge in [0.15, 0.2) is 0 Å². The van der Waals surface area contributed by atoms with Gasteiger partial charge in [-0.2, -0.15) is 0 Å². The Kier molecular flexibility index (Phi) is 5.86. The van der Waals surface area contributed by atoms with Crippen molar-refractivity contribution in [2.45, 2.75) is 57.6 Å². The number of methoxy groups -OCH3 is 1. The SMILES string of the molecule is COC(=O)[C@@]1(CCCBr)CCCN1C(=O)OC(C)(C)C. The molecular formula is C14H24BrNO4. The molecule has 1 heterocycles. The van der Waals surface area contributed by atoms with Gasteiger partial charge in [-0.15, -0.1) is 0 Å². The molecule has 0 unspecified atom stereocenters. The van der Waals surface area contributed by atoms with Gasteiger partial charge in [-0.25, -0.2) is 9.59 Å². The van der Waals surface area contributed by atoms with E-state index in [0.29, 0.717) is 19.4 Å². The third-order valence-electron chi connectivity index (χ3n) is 3.39. The molecule has 0 saturated carbocycles. The highest BCUT2D eigenvalue weighted by Crippen LogP contribution is 2.36. The van der Waals surface area contributed by atoms with Gasteiger partial charge in [0.25, 0.3) is 0 Å². The number of carbonyl (C=O) groups is 2. The number of rotatable bonds is 4. The number of hydrogen-bond donors (Lipinski definition) is 0. The Morgan fingerprint density at radius 3 is 2.50 bits per heavy atom. The molecule has 1 aliphatic heterocycles. The molecule has 0 aromatic carbocycles. The first kappa shape index (κ1) is 17.3. The number of halogens is 1. The predicted molar refractivity (Wildman–Crippen MR) is 79.9 cm³/mol. The van der Waals surface area contributed by atoms with Crippen LogP contribution >= 0.6 is 15.9 Å². The third kappa shape index (κ3) is 3.87. The molecule has 0 spiro atoms. The predicted octanol–water partition coefficient (Wildman–Crippen LogP) is 3.10. The molecular weight excluding hydrogens is 326 g/mol. The summed E-state index contributed by atoms with van der Waals surface area (Å²) in [5.41, 5.74) is -1.44. The maximum absolute atomic E-state index is 12.3. The topological polar surface area (TPSA) is 55.8 Å². The third-order valence-corrected chi connectivity index (χ3v) is 3.95. The molecule has 0 bridgehead atoms. The van der Waals surface area contributed by atoms with Crippen LogP contribution in [0.25, 0.3) is 0 Å². The Labute approximate surface area is 129 Å². The van der Waals surface area contributed by atoms with Crippen molar-refractivity contribution in [3.8, 4) is 0 Å². The minimum atomic E-state index is -0.870. The molecule has 0 N–H and O–H groups in total. The average Bonchev–Trinajstić information content (AvgIpc) is 2.78. The Bertz CT molecular complexity index is 367. The molecule has 5 nitrogen and oxygen atoms in total. The molecule has 0 aromatic heterocycles. The van der Waals surface area contributed by atoms with Gasteiger partial charge in [0.2, 0.25) is 0 Å². The van der Waals surface area contributed by atoms with Crippen molar-refractivity contribution in [3.63, 3.8) is 0 Å². The van der Waals surface area contributed by atoms with Gasteiger partial charge in [-0.1, -0.05) is 15.9 Å². The van der Waals surface area contributed by atoms with E-state index in [1.807, 2.05) is 20.8 Å². The largest absolute Gasteiger partial charge is 0.467 e. The van der Waals surface area contributed by atoms with E-state index in [9.17, 15) is 9.59 Å². The monoisotopic (exact) mass is 349 g/mol. The summed E-state index contributed by atoms with van der Waals surface area (Å²) in [6.45, 7) is 5.99. The molecule has 1 fully saturated rings. The van der Waals surface area contributed by atoms with Crippen molar-refractivity contribution in [1.29, 1.82) is 0 Å². The van der Waals surface area contributed by atoms with Crippen LogP contribution in [0.5, 0.6) is 0 Å². The van der Waals surface area contributed by atoms with E-state index in [2.05, 4.69) is 15.9 Å². The van der Waals surface area contributed by atoms with Crippen molar-refractivity contribution >= 4 is 28.0 Å². The van der Waals surface area contributed by atoms with Crippen LogP contribution in [0.2, 0.25) is 0 Å². The van der Waals surface area contributed by atoms with Gasteiger partial charge in [0.1, 0.15) is 11.1 Å². The van der Waals surface area contributed by atoms with E-state index in [1.54, 1.807) is 4.90 Å². The van der Waals surface area contributed by atoms with Gasteiger partial charge in [0, 0.05) is 11.9 Å². The van der Waals surface area contributed by atoms with Crippen molar-refractivity contribution in [1.82, 2.24) is 4.90 Å². The Balaban J connectivity index is 2.96. The van der Waals surface area contributed by atoms with Gasteiger partial charge >= 0.3 is 12.1 Å². The summed E-state index contributed by atoms with van der Waals surface area (Å²) < 4.78 is 10.4. The highest BCUT2D eigenvalue weighted by molar-refractivity contribution is 9.09. The van der Waals surface area contributed by atoms with E-state index in [-0.39, 0.29) is 5.97 Å². The molecule has 20 heavy (non-hydrogen) atoms. The van der Waals surface area contributed by atoms with Crippen LogP contribution < -0.4 is 0 Å². The number of ether oxygens (including phenoxy) is 2. The Morgan fingerprint density at radius 1 is 1.35 bits per heavy atom. The molecule has 1 rings (SSSR count). The number of likely N-dealkylation sites (tertiary alicyclic amines) is 1. The number of alkyl halides is 1. The number of amides is 1. The first-order valence-corrected chi connectivity index (χ1v) is 8.04. The minimum absolute atomic E-state index is 0.346. The number of carbonyl (C=O) groups excluding carboxylic acids is 2. The van der Waals surface area contributed by atoms with E-state index in [4.69, 9.17) is 9.47 Å². The average molecular weight is 350 g/mol. The molecule has 6 heteroatoms. The van der Waals surface area contributed by atoms with Gasteiger partial charge in [-0.3, -0.25) is 4.90 Å². The molecule has 0 aliphatic carbocycles. The fraction of sp³-hybridized carbons (Fsp3) is 0.857. The zero-order valence-electron chi connectivity index (χ0n) is 12.7. The molecule has 0 radical (unpaired) electrons. The fourth-order valence-electron chi connectivity index (χ4n) is 2.59. The van der Waals surface area contributed by atoms with Crippen LogP contribution in [0.15, 0.2) is 0 Å². The molecule has 0 aromatic rings. The Morgan fingerprint density at radius 2 is 2.00 bits per heavy atom. The number of esters is 1. The second-order valence-electron chi connectivity index (χ2n) is 6.05. The highest BCUT2D eigenvalue weighted by atomic mass is 79.9. The Hall–Kier alpha value is -0.780. The first-order valence-electron chi connectivity index (χ1n) is 6.92. The second-order valence-corrected chi connectivity index (χ2v) is 6.84. The molecule has 1 atom stereocenters. The summed E-state index contributed by atoms with van der Waals surface area (Å²) in [7, 11) is 1.36. The lowest BCUT2D eigenvalue weighted by molar-refractivity contribution is -0.153. The van der Waals surface area contributed by atoms with Crippen LogP contribution in [-0.4, -0.2) is 47.1 Å². The standard InChI is InChI=1S/C14H24BrNO4/c1-13(2,3)20-12(18)16-10-6-8-14(16,7-5-9-15)11(17)19-4/h5-10H2,1-4H3/t14-/m1/s1. The minimum Gasteiger partial charge on any atom is -0.467 e. The summed E-state index contributed by atoms with van der Waals surface area (Å²) in [6.07, 6.45) is 2.37. The summed E-state index contributed by atoms with van der Waals surface area (Å²) in [4.78, 5) is 26.1. The summed E-state index contributed by atoms with van der Waals surface area (Å²) >= 11 is 3.37. The number of nitrogens with zero attached hydrogens (tertiary/aromatic N) is 1. The first-order chi connectivity index (χ1) is 9.27. The zero-order chi connectivity index (χ0) is 15.4. The smallest absolute Gasteiger partial charge is 0.411 e. The quantitative estimate of drug-likeness (QED) is 0.578. The van der Waals surface area contributed by atoms with Crippen LogP contribution in [-0.2, 0) is 14.3 Å². The van der Waals surface area contributed by atoms with Gasteiger partial charge in [-0.05, 0) is 46.5 Å². The molecule has 1 amide bonds. The lowest BCUT2D eigenvalue weighted by Gasteiger charge is -2.36. The zero-order valence-corrected chi connectivity index (χ0v) is 14.3. The summed E-state index contributed by atoms with van der Waals surface area (Å²) in [5, 5.41) is 0.786. The summed E-state index contributed by atoms with van der Waals surface area (Å²) in [5.74, 6) is -0.346. The van der Waals surface area contributed by atoms with Crippen molar-refractivity contribution in [2.24, 2.45) is 0 Å². The van der Waals surface area contributed by atoms with E-state index < -0.39 is 17.2 Å². The van der Waals surface area contributed by atoms with Gasteiger partial charge < -0.3 is 9.47 Å². The van der Waals surface area contributed by atoms with Crippen LogP contribution in [0.3, 0.4) is 0 Å². The lowest BCUT2D eigenvalue weighted by Crippen LogP contribution is -2.54. The van der Waals surface area contributed by atoms with Crippen LogP contribution in [0, 0.1) is 0 Å². The molecule has 116 valence electrons. The number of hydrogen-bond acceptors (Lipinski definition) is 4. The fourth-order valence-corrected chi connectivity index (χ4v) is 2.87. The van der Waals surface area contributed by atoms with Crippen molar-refractivity contribution in [2.75, 3.05) is 19.0 Å². The maximum Gasteiger partial charge on any atom is 0.411 e. The normalized spacial score (nSPS) is 22.8. The highest BCUT2D eigenvalue weighted by Gasteiger charge is 2.51.